The van der Waals surface area contributed by atoms with Crippen LogP contribution in [0, 0.1) is 6.92 Å². The standard InChI is InChI=1S/C17H15F6N3OS/c1-10-9-26(15(28-10)24-14(27)25-6-2-3-7-25)13-5-4-11(16(18,19)20)8-12(13)17(21,22)23/h4-5,8-9H,2-3,6-7H2,1H3/b24-15-. The molecule has 0 atom stereocenters. The predicted molar refractivity (Wildman–Crippen MR) is 90.2 cm³/mol. The van der Waals surface area contributed by atoms with Crippen LogP contribution in [0.2, 0.25) is 0 Å². The number of amides is 2. The minimum absolute atomic E-state index is 0.0281. The summed E-state index contributed by atoms with van der Waals surface area (Å²) in [6, 6.07) is 0.823. The van der Waals surface area contributed by atoms with Gasteiger partial charge in [0.1, 0.15) is 0 Å². The number of benzene rings is 1. The van der Waals surface area contributed by atoms with Gasteiger partial charge in [-0.15, -0.1) is 11.3 Å². The molecule has 0 radical (unpaired) electrons. The third-order valence-corrected chi connectivity index (χ3v) is 5.12. The van der Waals surface area contributed by atoms with E-state index in [4.69, 9.17) is 0 Å². The van der Waals surface area contributed by atoms with E-state index in [1.165, 1.54) is 11.1 Å². The number of thiazole rings is 1. The second-order valence-corrected chi connectivity index (χ2v) is 7.52. The Labute approximate surface area is 159 Å². The Morgan fingerprint density at radius 3 is 2.29 bits per heavy atom. The van der Waals surface area contributed by atoms with Crippen LogP contribution in [-0.2, 0) is 12.4 Å². The molecule has 152 valence electrons. The molecule has 0 saturated carbocycles. The molecule has 1 aromatic carbocycles. The molecule has 0 bridgehead atoms. The summed E-state index contributed by atoms with van der Waals surface area (Å²) >= 11 is 0.985. The van der Waals surface area contributed by atoms with Gasteiger partial charge in [-0.25, -0.2) is 4.79 Å². The number of hydrogen-bond acceptors (Lipinski definition) is 2. The highest BCUT2D eigenvalue weighted by molar-refractivity contribution is 7.09. The van der Waals surface area contributed by atoms with Crippen molar-refractivity contribution >= 4 is 17.4 Å². The topological polar surface area (TPSA) is 37.6 Å². The van der Waals surface area contributed by atoms with Gasteiger partial charge < -0.3 is 4.90 Å². The monoisotopic (exact) mass is 423 g/mol. The zero-order valence-electron chi connectivity index (χ0n) is 14.6. The number of rotatable bonds is 1. The van der Waals surface area contributed by atoms with Crippen LogP contribution in [0.25, 0.3) is 5.69 Å². The molecule has 0 unspecified atom stereocenters. The van der Waals surface area contributed by atoms with Crippen LogP contribution >= 0.6 is 11.3 Å². The average molecular weight is 423 g/mol. The van der Waals surface area contributed by atoms with Gasteiger partial charge in [-0.05, 0) is 38.0 Å². The van der Waals surface area contributed by atoms with Gasteiger partial charge in [0.25, 0.3) is 0 Å². The molecule has 1 aliphatic rings. The van der Waals surface area contributed by atoms with Crippen molar-refractivity contribution in [1.82, 2.24) is 9.47 Å². The number of carbonyl (C=O) groups is 1. The van der Waals surface area contributed by atoms with Gasteiger partial charge in [-0.3, -0.25) is 4.57 Å². The van der Waals surface area contributed by atoms with E-state index in [0.29, 0.717) is 24.0 Å². The number of carbonyl (C=O) groups excluding carboxylic acids is 1. The first-order chi connectivity index (χ1) is 13.0. The smallest absolute Gasteiger partial charge is 0.323 e. The van der Waals surface area contributed by atoms with Crippen molar-refractivity contribution < 1.29 is 31.1 Å². The molecular formula is C17H15F6N3OS. The van der Waals surface area contributed by atoms with Crippen molar-refractivity contribution in [2.45, 2.75) is 32.1 Å². The van der Waals surface area contributed by atoms with E-state index in [0.717, 1.165) is 34.8 Å². The molecule has 3 rings (SSSR count). The van der Waals surface area contributed by atoms with Crippen LogP contribution in [0.15, 0.2) is 29.4 Å². The van der Waals surface area contributed by atoms with Gasteiger partial charge in [-0.2, -0.15) is 31.3 Å². The lowest BCUT2D eigenvalue weighted by atomic mass is 10.1. The minimum Gasteiger partial charge on any atom is -0.323 e. The normalized spacial score (nSPS) is 16.1. The molecule has 0 N–H and O–H groups in total. The summed E-state index contributed by atoms with van der Waals surface area (Å²) < 4.78 is 80.0. The molecular weight excluding hydrogens is 408 g/mol. The van der Waals surface area contributed by atoms with Gasteiger partial charge in [0.2, 0.25) is 0 Å². The number of likely N-dealkylation sites (tertiary alicyclic amines) is 1. The molecule has 1 saturated heterocycles. The number of urea groups is 1. The van der Waals surface area contributed by atoms with E-state index in [9.17, 15) is 31.1 Å². The largest absolute Gasteiger partial charge is 0.418 e. The lowest BCUT2D eigenvalue weighted by molar-refractivity contribution is -0.143. The lowest BCUT2D eigenvalue weighted by Crippen LogP contribution is -2.28. The van der Waals surface area contributed by atoms with E-state index in [2.05, 4.69) is 4.99 Å². The minimum atomic E-state index is -5.02. The first-order valence-electron chi connectivity index (χ1n) is 8.28. The Morgan fingerprint density at radius 1 is 1.07 bits per heavy atom. The second kappa shape index (κ2) is 7.26. The summed E-state index contributed by atoms with van der Waals surface area (Å²) in [4.78, 5) is 18.2. The van der Waals surface area contributed by atoms with E-state index >= 15 is 0 Å². The number of hydrogen-bond donors (Lipinski definition) is 0. The quantitative estimate of drug-likeness (QED) is 0.595. The van der Waals surface area contributed by atoms with Gasteiger partial charge in [0.15, 0.2) is 4.80 Å². The maximum absolute atomic E-state index is 13.5. The van der Waals surface area contributed by atoms with Crippen LogP contribution in [0.3, 0.4) is 0 Å². The third-order valence-electron chi connectivity index (χ3n) is 4.23. The highest BCUT2D eigenvalue weighted by atomic mass is 32.1. The van der Waals surface area contributed by atoms with E-state index in [-0.39, 0.29) is 10.9 Å². The first-order valence-corrected chi connectivity index (χ1v) is 9.10. The summed E-state index contributed by atoms with van der Waals surface area (Å²) in [6.45, 7) is 2.64. The molecule has 1 aliphatic heterocycles. The number of aryl methyl sites for hydroxylation is 1. The molecule has 28 heavy (non-hydrogen) atoms. The summed E-state index contributed by atoms with van der Waals surface area (Å²) in [5.41, 5.74) is -3.37. The van der Waals surface area contributed by atoms with Crippen molar-refractivity contribution in [3.63, 3.8) is 0 Å². The van der Waals surface area contributed by atoms with Gasteiger partial charge in [0.05, 0.1) is 16.8 Å². The van der Waals surface area contributed by atoms with Crippen molar-refractivity contribution in [2.75, 3.05) is 13.1 Å². The molecule has 11 heteroatoms. The summed E-state index contributed by atoms with van der Waals surface area (Å²) in [6.07, 6.45) is -6.97. The fourth-order valence-electron chi connectivity index (χ4n) is 2.92. The van der Waals surface area contributed by atoms with Crippen molar-refractivity contribution in [3.8, 4) is 5.69 Å². The molecule has 0 aliphatic carbocycles. The lowest BCUT2D eigenvalue weighted by Gasteiger charge is -2.16. The number of halogens is 6. The Balaban J connectivity index is 2.15. The van der Waals surface area contributed by atoms with Crippen LogP contribution < -0.4 is 4.80 Å². The first kappa shape index (κ1) is 20.4. The van der Waals surface area contributed by atoms with Gasteiger partial charge in [-0.1, -0.05) is 0 Å². The Kier molecular flexibility index (Phi) is 5.30. The highest BCUT2D eigenvalue weighted by Gasteiger charge is 2.38. The van der Waals surface area contributed by atoms with Crippen molar-refractivity contribution in [2.24, 2.45) is 4.99 Å². The number of alkyl halides is 6. The number of aromatic nitrogens is 1. The van der Waals surface area contributed by atoms with Crippen LogP contribution in [0.5, 0.6) is 0 Å². The highest BCUT2D eigenvalue weighted by Crippen LogP contribution is 2.38. The zero-order chi connectivity index (χ0) is 20.7. The van der Waals surface area contributed by atoms with Crippen molar-refractivity contribution in [1.29, 1.82) is 0 Å². The Morgan fingerprint density at radius 2 is 1.71 bits per heavy atom. The van der Waals surface area contributed by atoms with Gasteiger partial charge >= 0.3 is 18.4 Å². The van der Waals surface area contributed by atoms with E-state index in [1.54, 1.807) is 6.92 Å². The number of nitrogens with zero attached hydrogens (tertiary/aromatic N) is 3. The SMILES string of the molecule is Cc1cn(-c2ccc(C(F)(F)F)cc2C(F)(F)F)/c(=N/C(=O)N2CCCC2)s1. The van der Waals surface area contributed by atoms with Gasteiger partial charge in [0, 0.05) is 24.2 Å². The van der Waals surface area contributed by atoms with Crippen LogP contribution in [0.1, 0.15) is 28.8 Å². The van der Waals surface area contributed by atoms with E-state index < -0.39 is 35.2 Å². The Hall–Kier alpha value is -2.30. The average Bonchev–Trinajstić information content (AvgIpc) is 3.22. The molecule has 1 aromatic heterocycles. The molecule has 2 heterocycles. The summed E-state index contributed by atoms with van der Waals surface area (Å²) in [7, 11) is 0. The predicted octanol–water partition coefficient (Wildman–Crippen LogP) is 5.00. The molecule has 2 amide bonds. The molecule has 0 spiro atoms. The molecule has 1 fully saturated rings. The molecule has 4 nitrogen and oxygen atoms in total. The Bertz CT molecular complexity index is 951. The molecule has 2 aromatic rings. The summed E-state index contributed by atoms with van der Waals surface area (Å²) in [5.74, 6) is 0. The van der Waals surface area contributed by atoms with E-state index in [1.807, 2.05) is 0 Å². The second-order valence-electron chi connectivity index (χ2n) is 6.31. The fourth-order valence-corrected chi connectivity index (χ4v) is 3.74. The maximum Gasteiger partial charge on any atom is 0.418 e. The fraction of sp³-hybridized carbons (Fsp3) is 0.412. The third kappa shape index (κ3) is 4.23. The maximum atomic E-state index is 13.5. The van der Waals surface area contributed by atoms with Crippen LogP contribution in [0.4, 0.5) is 31.1 Å². The zero-order valence-corrected chi connectivity index (χ0v) is 15.4. The van der Waals surface area contributed by atoms with Crippen LogP contribution in [-0.4, -0.2) is 28.6 Å². The summed E-state index contributed by atoms with van der Waals surface area (Å²) in [5, 5.41) is 0. The van der Waals surface area contributed by atoms with Crippen molar-refractivity contribution in [3.05, 3.63) is 45.2 Å².